The lowest BCUT2D eigenvalue weighted by atomic mass is 9.97. The molecule has 1 aromatic rings. The molecule has 0 bridgehead atoms. The van der Waals surface area contributed by atoms with Crippen molar-refractivity contribution in [3.63, 3.8) is 0 Å². The van der Waals surface area contributed by atoms with E-state index in [0.717, 1.165) is 32.1 Å². The van der Waals surface area contributed by atoms with Crippen LogP contribution in [0.15, 0.2) is 18.2 Å². The monoisotopic (exact) mass is 260 g/mol. The van der Waals surface area contributed by atoms with Crippen LogP contribution in [0.5, 0.6) is 11.5 Å². The Labute approximate surface area is 103 Å². The molecule has 0 unspecified atom stereocenters. The number of halogens is 3. The summed E-state index contributed by atoms with van der Waals surface area (Å²) in [4.78, 5) is 0. The molecule has 0 heterocycles. The number of phenols is 1. The number of phenolic OH excluding ortho intramolecular Hbond substituents is 1. The van der Waals surface area contributed by atoms with E-state index >= 15 is 0 Å². The van der Waals surface area contributed by atoms with E-state index in [0.29, 0.717) is 6.07 Å². The maximum atomic E-state index is 12.8. The zero-order chi connectivity index (χ0) is 13.2. The molecular formula is C13H15F3O2. The molecule has 0 spiro atoms. The van der Waals surface area contributed by atoms with Crippen LogP contribution in [0.25, 0.3) is 0 Å². The number of hydrogen-bond donors (Lipinski definition) is 1. The Balaban J connectivity index is 2.21. The van der Waals surface area contributed by atoms with Gasteiger partial charge in [0, 0.05) is 0 Å². The van der Waals surface area contributed by atoms with Crippen LogP contribution in [-0.2, 0) is 6.18 Å². The summed E-state index contributed by atoms with van der Waals surface area (Å²) in [6.07, 6.45) is 0.0129. The van der Waals surface area contributed by atoms with Crippen molar-refractivity contribution in [2.24, 2.45) is 0 Å². The third kappa shape index (κ3) is 3.09. The third-order valence-electron chi connectivity index (χ3n) is 3.11. The maximum absolute atomic E-state index is 12.8. The number of alkyl halides is 3. The highest BCUT2D eigenvalue weighted by Crippen LogP contribution is 2.39. The first kappa shape index (κ1) is 13.1. The van der Waals surface area contributed by atoms with E-state index in [1.807, 2.05) is 0 Å². The molecule has 1 aromatic carbocycles. The molecule has 0 saturated heterocycles. The number of ether oxygens (including phenoxy) is 1. The Morgan fingerprint density at radius 2 is 1.78 bits per heavy atom. The zero-order valence-corrected chi connectivity index (χ0v) is 9.83. The normalized spacial score (nSPS) is 17.7. The van der Waals surface area contributed by atoms with E-state index in [1.54, 1.807) is 0 Å². The Morgan fingerprint density at radius 1 is 1.11 bits per heavy atom. The van der Waals surface area contributed by atoms with E-state index in [1.165, 1.54) is 12.1 Å². The van der Waals surface area contributed by atoms with Crippen molar-refractivity contribution < 1.29 is 23.0 Å². The highest BCUT2D eigenvalue weighted by Gasteiger charge is 2.35. The molecule has 18 heavy (non-hydrogen) atoms. The van der Waals surface area contributed by atoms with Gasteiger partial charge in [-0.1, -0.05) is 6.42 Å². The summed E-state index contributed by atoms with van der Waals surface area (Å²) in [5.74, 6) is -0.592. The Morgan fingerprint density at radius 3 is 2.39 bits per heavy atom. The first-order valence-corrected chi connectivity index (χ1v) is 6.03. The Hall–Kier alpha value is -1.39. The molecule has 2 rings (SSSR count). The number of hydrogen-bond acceptors (Lipinski definition) is 2. The quantitative estimate of drug-likeness (QED) is 0.866. The Kier molecular flexibility index (Phi) is 3.68. The average Bonchev–Trinajstić information content (AvgIpc) is 2.31. The molecular weight excluding hydrogens is 245 g/mol. The molecule has 0 aromatic heterocycles. The summed E-state index contributed by atoms with van der Waals surface area (Å²) < 4.78 is 43.8. The van der Waals surface area contributed by atoms with Gasteiger partial charge >= 0.3 is 6.18 Å². The van der Waals surface area contributed by atoms with Crippen molar-refractivity contribution in [1.29, 1.82) is 0 Å². The van der Waals surface area contributed by atoms with Crippen LogP contribution in [0.3, 0.4) is 0 Å². The topological polar surface area (TPSA) is 29.5 Å². The van der Waals surface area contributed by atoms with Crippen LogP contribution < -0.4 is 4.74 Å². The molecule has 1 fully saturated rings. The van der Waals surface area contributed by atoms with Gasteiger partial charge in [-0.05, 0) is 43.9 Å². The van der Waals surface area contributed by atoms with E-state index in [9.17, 15) is 13.2 Å². The fourth-order valence-corrected chi connectivity index (χ4v) is 2.20. The number of aromatic hydroxyl groups is 1. The van der Waals surface area contributed by atoms with E-state index < -0.39 is 17.5 Å². The van der Waals surface area contributed by atoms with Crippen molar-refractivity contribution in [1.82, 2.24) is 0 Å². The molecule has 5 heteroatoms. The molecule has 1 saturated carbocycles. The van der Waals surface area contributed by atoms with Gasteiger partial charge in [0.15, 0.2) is 0 Å². The number of benzene rings is 1. The van der Waals surface area contributed by atoms with Crippen molar-refractivity contribution in [3.05, 3.63) is 23.8 Å². The fourth-order valence-electron chi connectivity index (χ4n) is 2.20. The lowest BCUT2D eigenvalue weighted by Gasteiger charge is -2.24. The van der Waals surface area contributed by atoms with Crippen LogP contribution in [0, 0.1) is 0 Å². The molecule has 1 N–H and O–H groups in total. The standard InChI is InChI=1S/C13H15F3O2/c14-13(15,16)11-8-9(17)6-7-12(11)18-10-4-2-1-3-5-10/h6-8,10,17H,1-5H2. The predicted octanol–water partition coefficient (Wildman–Crippen LogP) is 4.12. The smallest absolute Gasteiger partial charge is 0.420 e. The first-order chi connectivity index (χ1) is 8.47. The highest BCUT2D eigenvalue weighted by atomic mass is 19.4. The van der Waals surface area contributed by atoms with Crippen LogP contribution in [0.2, 0.25) is 0 Å². The van der Waals surface area contributed by atoms with Crippen LogP contribution in [0.1, 0.15) is 37.7 Å². The molecule has 0 atom stereocenters. The van der Waals surface area contributed by atoms with Gasteiger partial charge in [0.2, 0.25) is 0 Å². The van der Waals surface area contributed by atoms with Crippen molar-refractivity contribution in [2.75, 3.05) is 0 Å². The summed E-state index contributed by atoms with van der Waals surface area (Å²) in [7, 11) is 0. The van der Waals surface area contributed by atoms with Crippen molar-refractivity contribution >= 4 is 0 Å². The third-order valence-corrected chi connectivity index (χ3v) is 3.11. The maximum Gasteiger partial charge on any atom is 0.420 e. The summed E-state index contributed by atoms with van der Waals surface area (Å²) in [5.41, 5.74) is -0.909. The Bertz CT molecular complexity index is 409. The minimum atomic E-state index is -4.51. The van der Waals surface area contributed by atoms with Crippen LogP contribution >= 0.6 is 0 Å². The second-order valence-corrected chi connectivity index (χ2v) is 4.56. The highest BCUT2D eigenvalue weighted by molar-refractivity contribution is 5.41. The average molecular weight is 260 g/mol. The summed E-state index contributed by atoms with van der Waals surface area (Å²) >= 11 is 0. The second-order valence-electron chi connectivity index (χ2n) is 4.56. The molecule has 100 valence electrons. The molecule has 1 aliphatic carbocycles. The molecule has 0 radical (unpaired) electrons. The fraction of sp³-hybridized carbons (Fsp3) is 0.538. The summed E-state index contributed by atoms with van der Waals surface area (Å²) in [5, 5.41) is 9.15. The lowest BCUT2D eigenvalue weighted by Crippen LogP contribution is -2.21. The van der Waals surface area contributed by atoms with Gasteiger partial charge in [0.25, 0.3) is 0 Å². The van der Waals surface area contributed by atoms with Crippen molar-refractivity contribution in [2.45, 2.75) is 44.4 Å². The second kappa shape index (κ2) is 5.08. The predicted molar refractivity (Wildman–Crippen MR) is 60.6 cm³/mol. The van der Waals surface area contributed by atoms with Crippen molar-refractivity contribution in [3.8, 4) is 11.5 Å². The van der Waals surface area contributed by atoms with Gasteiger partial charge < -0.3 is 9.84 Å². The molecule has 0 aliphatic heterocycles. The first-order valence-electron chi connectivity index (χ1n) is 6.03. The summed E-state index contributed by atoms with van der Waals surface area (Å²) in [6, 6.07) is 3.11. The van der Waals surface area contributed by atoms with Gasteiger partial charge in [-0.25, -0.2) is 0 Å². The van der Waals surface area contributed by atoms with E-state index in [4.69, 9.17) is 9.84 Å². The van der Waals surface area contributed by atoms with Gasteiger partial charge in [-0.15, -0.1) is 0 Å². The molecule has 2 nitrogen and oxygen atoms in total. The largest absolute Gasteiger partial charge is 0.508 e. The van der Waals surface area contributed by atoms with Crippen LogP contribution in [0.4, 0.5) is 13.2 Å². The SMILES string of the molecule is Oc1ccc(OC2CCCCC2)c(C(F)(F)F)c1. The van der Waals surface area contributed by atoms with Gasteiger partial charge in [-0.3, -0.25) is 0 Å². The minimum absolute atomic E-state index is 0.149. The molecule has 0 amide bonds. The van der Waals surface area contributed by atoms with Gasteiger partial charge in [0.1, 0.15) is 17.1 Å². The van der Waals surface area contributed by atoms with E-state index in [2.05, 4.69) is 0 Å². The van der Waals surface area contributed by atoms with Gasteiger partial charge in [0.05, 0.1) is 6.10 Å². The van der Waals surface area contributed by atoms with E-state index in [-0.39, 0.29) is 11.9 Å². The zero-order valence-electron chi connectivity index (χ0n) is 9.83. The molecule has 1 aliphatic rings. The summed E-state index contributed by atoms with van der Waals surface area (Å²) in [6.45, 7) is 0. The van der Waals surface area contributed by atoms with Crippen LogP contribution in [-0.4, -0.2) is 11.2 Å². The number of rotatable bonds is 2. The lowest BCUT2D eigenvalue weighted by molar-refractivity contribution is -0.139. The van der Waals surface area contributed by atoms with Gasteiger partial charge in [-0.2, -0.15) is 13.2 Å². The minimum Gasteiger partial charge on any atom is -0.508 e.